The Hall–Kier alpha value is -1.44. The Balaban J connectivity index is 2.39. The molecule has 116 valence electrons. The van der Waals surface area contributed by atoms with E-state index in [2.05, 4.69) is 4.90 Å². The highest BCUT2D eigenvalue weighted by Crippen LogP contribution is 2.24. The van der Waals surface area contributed by atoms with Crippen molar-refractivity contribution in [2.75, 3.05) is 40.3 Å². The zero-order valence-electron chi connectivity index (χ0n) is 12.5. The first-order valence-electron chi connectivity index (χ1n) is 6.74. The molecule has 1 aliphatic heterocycles. The van der Waals surface area contributed by atoms with Crippen molar-refractivity contribution in [1.29, 1.82) is 0 Å². The number of rotatable bonds is 3. The van der Waals surface area contributed by atoms with Gasteiger partial charge in [-0.25, -0.2) is 13.2 Å². The SMILES string of the molecule is COC(=O)c1cccc(S(=O)(=O)N2CCN(C)CC2)c1C. The summed E-state index contributed by atoms with van der Waals surface area (Å²) in [4.78, 5) is 14.0. The number of benzene rings is 1. The van der Waals surface area contributed by atoms with Gasteiger partial charge in [0.05, 0.1) is 17.6 Å². The summed E-state index contributed by atoms with van der Waals surface area (Å²) in [6.45, 7) is 3.96. The number of piperazine rings is 1. The molecule has 0 unspecified atom stereocenters. The largest absolute Gasteiger partial charge is 0.465 e. The summed E-state index contributed by atoms with van der Waals surface area (Å²) in [6, 6.07) is 4.68. The lowest BCUT2D eigenvalue weighted by Crippen LogP contribution is -2.47. The molecule has 1 aromatic carbocycles. The monoisotopic (exact) mass is 312 g/mol. The van der Waals surface area contributed by atoms with Crippen LogP contribution in [0.25, 0.3) is 0 Å². The van der Waals surface area contributed by atoms with Crippen LogP contribution in [-0.4, -0.2) is 63.9 Å². The molecule has 0 radical (unpaired) electrons. The van der Waals surface area contributed by atoms with Gasteiger partial charge in [0.15, 0.2) is 0 Å². The van der Waals surface area contributed by atoms with Crippen LogP contribution < -0.4 is 0 Å². The first kappa shape index (κ1) is 15.9. The highest BCUT2D eigenvalue weighted by molar-refractivity contribution is 7.89. The van der Waals surface area contributed by atoms with Gasteiger partial charge < -0.3 is 9.64 Å². The number of sulfonamides is 1. The molecule has 7 heteroatoms. The van der Waals surface area contributed by atoms with Crippen molar-refractivity contribution in [2.24, 2.45) is 0 Å². The van der Waals surface area contributed by atoms with Crippen molar-refractivity contribution >= 4 is 16.0 Å². The normalized spacial score (nSPS) is 17.7. The quantitative estimate of drug-likeness (QED) is 0.769. The number of esters is 1. The molecule has 0 saturated carbocycles. The molecule has 0 amide bonds. The van der Waals surface area contributed by atoms with Gasteiger partial charge >= 0.3 is 5.97 Å². The minimum Gasteiger partial charge on any atom is -0.465 e. The Morgan fingerprint density at radius 1 is 1.19 bits per heavy atom. The molecule has 0 N–H and O–H groups in total. The molecular formula is C14H20N2O4S. The Labute approximate surface area is 125 Å². The van der Waals surface area contributed by atoms with E-state index < -0.39 is 16.0 Å². The lowest BCUT2D eigenvalue weighted by atomic mass is 10.1. The minimum atomic E-state index is -3.58. The first-order valence-corrected chi connectivity index (χ1v) is 8.18. The van der Waals surface area contributed by atoms with Crippen LogP contribution in [-0.2, 0) is 14.8 Å². The van der Waals surface area contributed by atoms with Crippen molar-refractivity contribution in [3.8, 4) is 0 Å². The van der Waals surface area contributed by atoms with E-state index in [-0.39, 0.29) is 10.5 Å². The average molecular weight is 312 g/mol. The Kier molecular flexibility index (Phi) is 4.65. The topological polar surface area (TPSA) is 66.9 Å². The van der Waals surface area contributed by atoms with Gasteiger partial charge in [0, 0.05) is 26.2 Å². The van der Waals surface area contributed by atoms with E-state index in [4.69, 9.17) is 4.74 Å². The van der Waals surface area contributed by atoms with Gasteiger partial charge in [-0.05, 0) is 31.7 Å². The predicted octanol–water partition coefficient (Wildman–Crippen LogP) is 0.718. The van der Waals surface area contributed by atoms with Crippen molar-refractivity contribution in [2.45, 2.75) is 11.8 Å². The zero-order valence-corrected chi connectivity index (χ0v) is 13.3. The third-order valence-electron chi connectivity index (χ3n) is 3.77. The molecule has 0 spiro atoms. The van der Waals surface area contributed by atoms with Crippen molar-refractivity contribution in [1.82, 2.24) is 9.21 Å². The number of carbonyl (C=O) groups is 1. The van der Waals surface area contributed by atoms with Gasteiger partial charge in [-0.3, -0.25) is 0 Å². The standard InChI is InChI=1S/C14H20N2O4S/c1-11-12(14(17)20-3)5-4-6-13(11)21(18,19)16-9-7-15(2)8-10-16/h4-6H,7-10H2,1-3H3. The van der Waals surface area contributed by atoms with Crippen LogP contribution in [0, 0.1) is 6.92 Å². The lowest BCUT2D eigenvalue weighted by molar-refractivity contribution is 0.0599. The Morgan fingerprint density at radius 3 is 2.38 bits per heavy atom. The molecule has 0 bridgehead atoms. The molecule has 1 aliphatic rings. The van der Waals surface area contributed by atoms with Gasteiger partial charge in [-0.2, -0.15) is 4.31 Å². The van der Waals surface area contributed by atoms with Gasteiger partial charge in [-0.15, -0.1) is 0 Å². The van der Waals surface area contributed by atoms with E-state index >= 15 is 0 Å². The number of ether oxygens (including phenoxy) is 1. The number of hydrogen-bond donors (Lipinski definition) is 0. The fraction of sp³-hybridized carbons (Fsp3) is 0.500. The highest BCUT2D eigenvalue weighted by Gasteiger charge is 2.29. The summed E-state index contributed by atoms with van der Waals surface area (Å²) in [5.41, 5.74) is 0.719. The smallest absolute Gasteiger partial charge is 0.338 e. The molecule has 0 aromatic heterocycles. The molecule has 1 heterocycles. The molecule has 1 fully saturated rings. The van der Waals surface area contributed by atoms with E-state index in [1.165, 1.54) is 17.5 Å². The maximum atomic E-state index is 12.7. The van der Waals surface area contributed by atoms with Crippen LogP contribution in [0.5, 0.6) is 0 Å². The van der Waals surface area contributed by atoms with Crippen LogP contribution in [0.4, 0.5) is 0 Å². The molecule has 21 heavy (non-hydrogen) atoms. The summed E-state index contributed by atoms with van der Waals surface area (Å²) in [5.74, 6) is -0.525. The van der Waals surface area contributed by atoms with Gasteiger partial charge in [0.1, 0.15) is 0 Å². The number of hydrogen-bond acceptors (Lipinski definition) is 5. The van der Waals surface area contributed by atoms with Crippen molar-refractivity contribution < 1.29 is 17.9 Å². The first-order chi connectivity index (χ1) is 9.87. The second kappa shape index (κ2) is 6.13. The number of likely N-dealkylation sites (N-methyl/N-ethyl adjacent to an activating group) is 1. The highest BCUT2D eigenvalue weighted by atomic mass is 32.2. The van der Waals surface area contributed by atoms with E-state index in [1.807, 2.05) is 7.05 Å². The molecule has 1 saturated heterocycles. The molecule has 1 aromatic rings. The number of carbonyl (C=O) groups excluding carboxylic acids is 1. The summed E-state index contributed by atoms with van der Waals surface area (Å²) >= 11 is 0. The zero-order chi connectivity index (χ0) is 15.6. The molecule has 6 nitrogen and oxygen atoms in total. The van der Waals surface area contributed by atoms with Gasteiger partial charge in [0.2, 0.25) is 10.0 Å². The fourth-order valence-corrected chi connectivity index (χ4v) is 4.06. The third kappa shape index (κ3) is 3.09. The van der Waals surface area contributed by atoms with E-state index in [0.717, 1.165) is 0 Å². The van der Waals surface area contributed by atoms with Gasteiger partial charge in [-0.1, -0.05) is 6.07 Å². The second-order valence-corrected chi connectivity index (χ2v) is 7.03. The van der Waals surface area contributed by atoms with E-state index in [0.29, 0.717) is 31.7 Å². The predicted molar refractivity (Wildman–Crippen MR) is 78.8 cm³/mol. The Morgan fingerprint density at radius 2 is 1.81 bits per heavy atom. The fourth-order valence-electron chi connectivity index (χ4n) is 2.39. The Bertz CT molecular complexity index is 634. The number of methoxy groups -OCH3 is 1. The summed E-state index contributed by atoms with van der Waals surface area (Å²) in [6.07, 6.45) is 0. The second-order valence-electron chi connectivity index (χ2n) is 5.13. The molecular weight excluding hydrogens is 292 g/mol. The minimum absolute atomic E-state index is 0.176. The van der Waals surface area contributed by atoms with Crippen molar-refractivity contribution in [3.05, 3.63) is 29.3 Å². The maximum Gasteiger partial charge on any atom is 0.338 e. The summed E-state index contributed by atoms with van der Waals surface area (Å²) in [5, 5.41) is 0. The lowest BCUT2D eigenvalue weighted by Gasteiger charge is -2.32. The van der Waals surface area contributed by atoms with Crippen LogP contribution in [0.15, 0.2) is 23.1 Å². The van der Waals surface area contributed by atoms with Crippen LogP contribution >= 0.6 is 0 Å². The summed E-state index contributed by atoms with van der Waals surface area (Å²) < 4.78 is 31.6. The molecule has 2 rings (SSSR count). The van der Waals surface area contributed by atoms with Crippen LogP contribution in [0.3, 0.4) is 0 Å². The molecule has 0 atom stereocenters. The van der Waals surface area contributed by atoms with Gasteiger partial charge in [0.25, 0.3) is 0 Å². The number of nitrogens with zero attached hydrogens (tertiary/aromatic N) is 2. The van der Waals surface area contributed by atoms with Crippen LogP contribution in [0.2, 0.25) is 0 Å². The molecule has 0 aliphatic carbocycles. The average Bonchev–Trinajstić information content (AvgIpc) is 2.47. The van der Waals surface area contributed by atoms with Crippen molar-refractivity contribution in [3.63, 3.8) is 0 Å². The van der Waals surface area contributed by atoms with Crippen LogP contribution in [0.1, 0.15) is 15.9 Å². The maximum absolute atomic E-state index is 12.7. The van der Waals surface area contributed by atoms with E-state index in [1.54, 1.807) is 19.1 Å². The third-order valence-corrected chi connectivity index (χ3v) is 5.81. The van der Waals surface area contributed by atoms with E-state index in [9.17, 15) is 13.2 Å². The summed E-state index contributed by atoms with van der Waals surface area (Å²) in [7, 11) is -0.335.